The molecule has 7 heteroatoms. The van der Waals surface area contributed by atoms with E-state index in [1.165, 1.54) is 37.4 Å². The fraction of sp³-hybridized carbons (Fsp3) is 0.235. The summed E-state index contributed by atoms with van der Waals surface area (Å²) in [6, 6.07) is 8.52. The highest BCUT2D eigenvalue weighted by Crippen LogP contribution is 2.24. The van der Waals surface area contributed by atoms with E-state index in [0.29, 0.717) is 11.3 Å². The molecule has 0 unspecified atom stereocenters. The van der Waals surface area contributed by atoms with Gasteiger partial charge in [0.05, 0.1) is 19.8 Å². The van der Waals surface area contributed by atoms with Gasteiger partial charge in [-0.2, -0.15) is 0 Å². The largest absolute Gasteiger partial charge is 0.497 e. The molecule has 0 spiro atoms. The number of carbonyl (C=O) groups is 2. The first-order valence-electron chi connectivity index (χ1n) is 7.15. The van der Waals surface area contributed by atoms with E-state index in [1.807, 2.05) is 0 Å². The first-order valence-corrected chi connectivity index (χ1v) is 7.15. The molecule has 0 bridgehead atoms. The summed E-state index contributed by atoms with van der Waals surface area (Å²) in [6.45, 7) is 0. The maximum Gasteiger partial charge on any atom is 0.333 e. The molecule has 0 fully saturated rings. The standard InChI is InChI=1S/C17H18N2O5/c1-19(16(21)12-6-9-14(20)18-10-12)15(17(22)24-3)11-4-7-13(23-2)8-5-11/h4-10,15H,1-3H3,(H,18,20)/t15-/m0/s1. The lowest BCUT2D eigenvalue weighted by molar-refractivity contribution is -0.145. The van der Waals surface area contributed by atoms with E-state index < -0.39 is 17.9 Å². The summed E-state index contributed by atoms with van der Waals surface area (Å²) < 4.78 is 9.92. The number of likely N-dealkylation sites (N-methyl/N-ethyl adjacent to an activating group) is 1. The van der Waals surface area contributed by atoms with Gasteiger partial charge in [0.25, 0.3) is 5.91 Å². The average Bonchev–Trinajstić information content (AvgIpc) is 2.62. The summed E-state index contributed by atoms with van der Waals surface area (Å²) in [5, 5.41) is 0. The van der Waals surface area contributed by atoms with Gasteiger partial charge in [0.1, 0.15) is 5.75 Å². The third kappa shape index (κ3) is 3.62. The van der Waals surface area contributed by atoms with Gasteiger partial charge in [0.2, 0.25) is 5.56 Å². The number of H-pyrrole nitrogens is 1. The van der Waals surface area contributed by atoms with Gasteiger partial charge in [-0.1, -0.05) is 12.1 Å². The van der Waals surface area contributed by atoms with Crippen molar-refractivity contribution in [3.63, 3.8) is 0 Å². The molecule has 1 heterocycles. The minimum Gasteiger partial charge on any atom is -0.497 e. The number of nitrogens with one attached hydrogen (secondary N) is 1. The molecule has 2 rings (SSSR count). The summed E-state index contributed by atoms with van der Waals surface area (Å²) in [5.74, 6) is -0.352. The summed E-state index contributed by atoms with van der Waals surface area (Å²) >= 11 is 0. The Labute approximate surface area is 138 Å². The van der Waals surface area contributed by atoms with Crippen LogP contribution in [0, 0.1) is 0 Å². The lowest BCUT2D eigenvalue weighted by atomic mass is 10.0. The van der Waals surface area contributed by atoms with E-state index >= 15 is 0 Å². The first-order chi connectivity index (χ1) is 11.5. The molecule has 0 radical (unpaired) electrons. The van der Waals surface area contributed by atoms with Crippen LogP contribution in [0.2, 0.25) is 0 Å². The number of amides is 1. The van der Waals surface area contributed by atoms with Crippen molar-refractivity contribution in [3.8, 4) is 5.75 Å². The molecule has 1 aromatic heterocycles. The number of carbonyl (C=O) groups excluding carboxylic acids is 2. The Hall–Kier alpha value is -3.09. The van der Waals surface area contributed by atoms with Gasteiger partial charge in [-0.25, -0.2) is 4.79 Å². The van der Waals surface area contributed by atoms with Gasteiger partial charge in [-0.15, -0.1) is 0 Å². The lowest BCUT2D eigenvalue weighted by Gasteiger charge is -2.26. The molecule has 0 aliphatic carbocycles. The summed E-state index contributed by atoms with van der Waals surface area (Å²) in [7, 11) is 4.30. The number of benzene rings is 1. The molecule has 1 N–H and O–H groups in total. The second kappa shape index (κ2) is 7.45. The Morgan fingerprint density at radius 2 is 1.75 bits per heavy atom. The number of hydrogen-bond donors (Lipinski definition) is 1. The SMILES string of the molecule is COC(=O)[C@H](c1ccc(OC)cc1)N(C)C(=O)c1ccc(=O)[nH]c1. The zero-order valence-corrected chi connectivity index (χ0v) is 13.6. The maximum absolute atomic E-state index is 12.6. The van der Waals surface area contributed by atoms with Crippen molar-refractivity contribution in [2.24, 2.45) is 0 Å². The quantitative estimate of drug-likeness (QED) is 0.837. The van der Waals surface area contributed by atoms with E-state index in [4.69, 9.17) is 9.47 Å². The average molecular weight is 330 g/mol. The van der Waals surface area contributed by atoms with Gasteiger partial charge >= 0.3 is 5.97 Å². The molecule has 1 aromatic carbocycles. The Balaban J connectivity index is 2.35. The Bertz CT molecular complexity index is 762. The number of ether oxygens (including phenoxy) is 2. The maximum atomic E-state index is 12.6. The fourth-order valence-electron chi connectivity index (χ4n) is 2.28. The van der Waals surface area contributed by atoms with Gasteiger partial charge in [-0.3, -0.25) is 9.59 Å². The highest BCUT2D eigenvalue weighted by Gasteiger charge is 2.30. The molecule has 0 saturated carbocycles. The third-order valence-corrected chi connectivity index (χ3v) is 3.59. The van der Waals surface area contributed by atoms with Crippen LogP contribution in [0.1, 0.15) is 22.0 Å². The molecule has 24 heavy (non-hydrogen) atoms. The number of pyridine rings is 1. The predicted molar refractivity (Wildman–Crippen MR) is 86.9 cm³/mol. The number of aromatic amines is 1. The van der Waals surface area contributed by atoms with E-state index in [-0.39, 0.29) is 11.1 Å². The van der Waals surface area contributed by atoms with Gasteiger partial charge in [-0.05, 0) is 23.8 Å². The van der Waals surface area contributed by atoms with Gasteiger partial charge < -0.3 is 19.4 Å². The number of aromatic nitrogens is 1. The molecular formula is C17H18N2O5. The minimum absolute atomic E-state index is 0.263. The highest BCUT2D eigenvalue weighted by molar-refractivity contribution is 5.96. The number of rotatable bonds is 5. The number of nitrogens with zero attached hydrogens (tertiary/aromatic N) is 1. The Kier molecular flexibility index (Phi) is 5.36. The van der Waals surface area contributed by atoms with E-state index in [2.05, 4.69) is 4.98 Å². The summed E-state index contributed by atoms with van der Waals surface area (Å²) in [4.78, 5) is 39.6. The van der Waals surface area contributed by atoms with Crippen molar-refractivity contribution in [1.82, 2.24) is 9.88 Å². The monoisotopic (exact) mass is 330 g/mol. The van der Waals surface area contributed by atoms with Gasteiger partial charge in [0.15, 0.2) is 6.04 Å². The summed E-state index contributed by atoms with van der Waals surface area (Å²) in [5.41, 5.74) is 0.538. The number of hydrogen-bond acceptors (Lipinski definition) is 5. The molecule has 1 atom stereocenters. The van der Waals surface area contributed by atoms with Crippen molar-refractivity contribution in [1.29, 1.82) is 0 Å². The molecule has 0 aliphatic rings. The van der Waals surface area contributed by atoms with Crippen LogP contribution >= 0.6 is 0 Å². The van der Waals surface area contributed by atoms with Crippen molar-refractivity contribution in [2.45, 2.75) is 6.04 Å². The smallest absolute Gasteiger partial charge is 0.333 e. The van der Waals surface area contributed by atoms with Crippen LogP contribution in [-0.2, 0) is 9.53 Å². The molecule has 1 amide bonds. The molecule has 126 valence electrons. The second-order valence-corrected chi connectivity index (χ2v) is 5.06. The molecule has 7 nitrogen and oxygen atoms in total. The third-order valence-electron chi connectivity index (χ3n) is 3.59. The van der Waals surface area contributed by atoms with Crippen molar-refractivity contribution >= 4 is 11.9 Å². The fourth-order valence-corrected chi connectivity index (χ4v) is 2.28. The summed E-state index contributed by atoms with van der Waals surface area (Å²) in [6.07, 6.45) is 1.31. The van der Waals surface area contributed by atoms with Crippen molar-refractivity contribution < 1.29 is 19.1 Å². The minimum atomic E-state index is -0.916. The topological polar surface area (TPSA) is 88.7 Å². The van der Waals surface area contributed by atoms with E-state index in [1.54, 1.807) is 31.4 Å². The van der Waals surface area contributed by atoms with Crippen molar-refractivity contribution in [3.05, 3.63) is 64.1 Å². The van der Waals surface area contributed by atoms with Crippen LogP contribution in [-0.4, -0.2) is 43.0 Å². The predicted octanol–water partition coefficient (Wildman–Crippen LogP) is 1.37. The molecule has 0 saturated heterocycles. The van der Waals surface area contributed by atoms with Crippen LogP contribution in [0.3, 0.4) is 0 Å². The van der Waals surface area contributed by atoms with Crippen LogP contribution in [0.5, 0.6) is 5.75 Å². The first kappa shape index (κ1) is 17.3. The molecule has 2 aromatic rings. The zero-order chi connectivity index (χ0) is 17.7. The van der Waals surface area contributed by atoms with E-state index in [9.17, 15) is 14.4 Å². The normalized spacial score (nSPS) is 11.5. The Morgan fingerprint density at radius 3 is 2.25 bits per heavy atom. The van der Waals surface area contributed by atoms with Crippen molar-refractivity contribution in [2.75, 3.05) is 21.3 Å². The van der Waals surface area contributed by atoms with Crippen LogP contribution in [0.15, 0.2) is 47.4 Å². The second-order valence-electron chi connectivity index (χ2n) is 5.06. The molecule has 0 aliphatic heterocycles. The zero-order valence-electron chi connectivity index (χ0n) is 13.6. The molecular weight excluding hydrogens is 312 g/mol. The number of methoxy groups -OCH3 is 2. The number of esters is 1. The van der Waals surface area contributed by atoms with Crippen LogP contribution in [0.25, 0.3) is 0 Å². The van der Waals surface area contributed by atoms with Crippen LogP contribution < -0.4 is 10.3 Å². The Morgan fingerprint density at radius 1 is 1.08 bits per heavy atom. The van der Waals surface area contributed by atoms with Crippen LogP contribution in [0.4, 0.5) is 0 Å². The lowest BCUT2D eigenvalue weighted by Crippen LogP contribution is -2.36. The highest BCUT2D eigenvalue weighted by atomic mass is 16.5. The van der Waals surface area contributed by atoms with E-state index in [0.717, 1.165) is 0 Å². The van der Waals surface area contributed by atoms with Gasteiger partial charge in [0, 0.05) is 19.3 Å².